The lowest BCUT2D eigenvalue weighted by atomic mass is 10.1. The first-order chi connectivity index (χ1) is 14.6. The van der Waals surface area contributed by atoms with Gasteiger partial charge in [0.2, 0.25) is 0 Å². The van der Waals surface area contributed by atoms with E-state index in [-0.39, 0.29) is 29.1 Å². The Bertz CT molecular complexity index is 1010. The summed E-state index contributed by atoms with van der Waals surface area (Å²) in [5, 5.41) is 9.26. The highest BCUT2D eigenvalue weighted by molar-refractivity contribution is 5.95. The van der Waals surface area contributed by atoms with Crippen LogP contribution in [0.4, 0.5) is 10.5 Å². The minimum atomic E-state index is -0.633. The van der Waals surface area contributed by atoms with Gasteiger partial charge in [-0.25, -0.2) is 9.59 Å². The number of nitrogen functional groups attached to an aromatic ring is 1. The average molecular weight is 426 g/mol. The summed E-state index contributed by atoms with van der Waals surface area (Å²) in [6.45, 7) is 6.72. The Morgan fingerprint density at radius 3 is 2.52 bits per heavy atom. The van der Waals surface area contributed by atoms with Gasteiger partial charge in [-0.05, 0) is 38.5 Å². The van der Waals surface area contributed by atoms with E-state index in [1.807, 2.05) is 39.0 Å². The number of hydrogen-bond acceptors (Lipinski definition) is 7. The topological polar surface area (TPSA) is 120 Å². The maximum atomic E-state index is 12.4. The number of methoxy groups -OCH3 is 1. The van der Waals surface area contributed by atoms with E-state index in [4.69, 9.17) is 19.9 Å². The lowest BCUT2D eigenvalue weighted by Crippen LogP contribution is -2.44. The maximum absolute atomic E-state index is 12.4. The molecule has 0 aliphatic carbocycles. The summed E-state index contributed by atoms with van der Waals surface area (Å²) in [5.74, 6) is -0.633. The number of nitrogens with zero attached hydrogens (tertiary/aromatic N) is 3. The third kappa shape index (κ3) is 4.81. The third-order valence-electron chi connectivity index (χ3n) is 4.80. The third-order valence-corrected chi connectivity index (χ3v) is 4.80. The number of morpholine rings is 1. The van der Waals surface area contributed by atoms with Crippen LogP contribution in [0.1, 0.15) is 48.5 Å². The summed E-state index contributed by atoms with van der Waals surface area (Å²) >= 11 is 0. The molecule has 1 aromatic carbocycles. The number of amides is 1. The van der Waals surface area contributed by atoms with Gasteiger partial charge in [0.15, 0.2) is 5.69 Å². The lowest BCUT2D eigenvalue weighted by Gasteiger charge is -2.34. The van der Waals surface area contributed by atoms with Gasteiger partial charge < -0.3 is 29.4 Å². The van der Waals surface area contributed by atoms with Gasteiger partial charge in [0.25, 0.3) is 0 Å². The average Bonchev–Trinajstić information content (AvgIpc) is 3.08. The number of aromatic nitrogens is 1. The Kier molecular flexibility index (Phi) is 6.22. The van der Waals surface area contributed by atoms with Crippen LogP contribution in [0, 0.1) is 11.3 Å². The number of nitriles is 1. The van der Waals surface area contributed by atoms with Gasteiger partial charge in [-0.2, -0.15) is 5.26 Å². The Balaban J connectivity index is 1.82. The zero-order chi connectivity index (χ0) is 22.8. The molecule has 9 heteroatoms. The largest absolute Gasteiger partial charge is 0.464 e. The highest BCUT2D eigenvalue weighted by atomic mass is 16.6. The van der Waals surface area contributed by atoms with Gasteiger partial charge in [-0.15, -0.1) is 0 Å². The monoisotopic (exact) mass is 426 g/mol. The second-order valence-corrected chi connectivity index (χ2v) is 8.16. The van der Waals surface area contributed by atoms with Crippen molar-refractivity contribution >= 4 is 17.7 Å². The van der Waals surface area contributed by atoms with E-state index >= 15 is 0 Å². The SMILES string of the molecule is COC(=O)c1c(N)c(C#N)cn1-c1ccc(C2CN(C(=O)OC(C)(C)C)CCO2)cc1. The molecule has 1 aliphatic heterocycles. The van der Waals surface area contributed by atoms with Gasteiger partial charge in [0.05, 0.1) is 31.5 Å². The quantitative estimate of drug-likeness (QED) is 0.749. The van der Waals surface area contributed by atoms with Crippen LogP contribution in [0.3, 0.4) is 0 Å². The first kappa shape index (κ1) is 22.2. The molecule has 1 saturated heterocycles. The smallest absolute Gasteiger partial charge is 0.410 e. The van der Waals surface area contributed by atoms with Gasteiger partial charge in [0.1, 0.15) is 17.8 Å². The van der Waals surface area contributed by atoms with Crippen molar-refractivity contribution in [2.45, 2.75) is 32.5 Å². The van der Waals surface area contributed by atoms with Gasteiger partial charge in [0, 0.05) is 18.4 Å². The van der Waals surface area contributed by atoms with Crippen LogP contribution in [0.5, 0.6) is 0 Å². The van der Waals surface area contributed by atoms with Crippen LogP contribution in [0.15, 0.2) is 30.5 Å². The summed E-state index contributed by atoms with van der Waals surface area (Å²) in [7, 11) is 1.26. The molecule has 31 heavy (non-hydrogen) atoms. The van der Waals surface area contributed by atoms with E-state index in [1.165, 1.54) is 17.9 Å². The Labute approximate surface area is 180 Å². The maximum Gasteiger partial charge on any atom is 0.410 e. The number of rotatable bonds is 3. The molecule has 2 N–H and O–H groups in total. The lowest BCUT2D eigenvalue weighted by molar-refractivity contribution is -0.0432. The Morgan fingerprint density at radius 2 is 1.94 bits per heavy atom. The van der Waals surface area contributed by atoms with E-state index in [1.54, 1.807) is 17.0 Å². The van der Waals surface area contributed by atoms with Crippen molar-refractivity contribution in [3.8, 4) is 11.8 Å². The Morgan fingerprint density at radius 1 is 1.26 bits per heavy atom. The first-order valence-electron chi connectivity index (χ1n) is 9.83. The molecule has 3 rings (SSSR count). The van der Waals surface area contributed by atoms with Crippen molar-refractivity contribution in [1.82, 2.24) is 9.47 Å². The van der Waals surface area contributed by atoms with Crippen molar-refractivity contribution in [2.75, 3.05) is 32.5 Å². The van der Waals surface area contributed by atoms with Crippen molar-refractivity contribution < 1.29 is 23.8 Å². The zero-order valence-electron chi connectivity index (χ0n) is 18.0. The molecule has 1 atom stereocenters. The van der Waals surface area contributed by atoms with Gasteiger partial charge in [-0.1, -0.05) is 12.1 Å². The minimum absolute atomic E-state index is 0.0713. The van der Waals surface area contributed by atoms with Crippen molar-refractivity contribution in [1.29, 1.82) is 5.26 Å². The number of hydrogen-bond donors (Lipinski definition) is 1. The van der Waals surface area contributed by atoms with E-state index in [0.29, 0.717) is 25.4 Å². The molecule has 9 nitrogen and oxygen atoms in total. The van der Waals surface area contributed by atoms with Crippen molar-refractivity contribution in [3.63, 3.8) is 0 Å². The van der Waals surface area contributed by atoms with Crippen LogP contribution < -0.4 is 5.73 Å². The number of benzene rings is 1. The van der Waals surface area contributed by atoms with Crippen LogP contribution in [0.25, 0.3) is 5.69 Å². The van der Waals surface area contributed by atoms with E-state index < -0.39 is 11.6 Å². The second kappa shape index (κ2) is 8.70. The van der Waals surface area contributed by atoms with Crippen molar-refractivity contribution in [2.24, 2.45) is 0 Å². The zero-order valence-corrected chi connectivity index (χ0v) is 18.0. The molecule has 1 fully saturated rings. The van der Waals surface area contributed by atoms with Gasteiger partial charge in [-0.3, -0.25) is 0 Å². The standard InChI is InChI=1S/C22H26N4O5/c1-22(2,3)31-21(28)25-9-10-30-17(13-25)14-5-7-16(8-6-14)26-12-15(11-23)18(24)19(26)20(27)29-4/h5-8,12,17H,9-10,13,24H2,1-4H3. The molecule has 0 radical (unpaired) electrons. The fourth-order valence-electron chi connectivity index (χ4n) is 3.31. The van der Waals surface area contributed by atoms with Crippen LogP contribution in [0.2, 0.25) is 0 Å². The number of nitrogens with two attached hydrogens (primary N) is 1. The van der Waals surface area contributed by atoms with Crippen molar-refractivity contribution in [3.05, 3.63) is 47.3 Å². The summed E-state index contributed by atoms with van der Waals surface area (Å²) in [4.78, 5) is 26.2. The minimum Gasteiger partial charge on any atom is -0.464 e. The second-order valence-electron chi connectivity index (χ2n) is 8.16. The summed E-state index contributed by atoms with van der Waals surface area (Å²) < 4.78 is 17.6. The predicted molar refractivity (Wildman–Crippen MR) is 113 cm³/mol. The highest BCUT2D eigenvalue weighted by Crippen LogP contribution is 2.28. The number of carbonyl (C=O) groups is 2. The fraction of sp³-hybridized carbons (Fsp3) is 0.409. The molecule has 2 heterocycles. The number of esters is 1. The van der Waals surface area contributed by atoms with E-state index in [2.05, 4.69) is 0 Å². The van der Waals surface area contributed by atoms with E-state index in [9.17, 15) is 14.9 Å². The summed E-state index contributed by atoms with van der Waals surface area (Å²) in [6.07, 6.45) is 0.824. The normalized spacial score (nSPS) is 16.5. The number of anilines is 1. The summed E-state index contributed by atoms with van der Waals surface area (Å²) in [5.41, 5.74) is 7.25. The molecule has 1 aromatic heterocycles. The molecule has 0 saturated carbocycles. The van der Waals surface area contributed by atoms with E-state index in [0.717, 1.165) is 5.56 Å². The number of carbonyl (C=O) groups excluding carboxylic acids is 2. The van der Waals surface area contributed by atoms with Crippen LogP contribution in [-0.4, -0.2) is 53.9 Å². The van der Waals surface area contributed by atoms with Crippen LogP contribution >= 0.6 is 0 Å². The first-order valence-corrected chi connectivity index (χ1v) is 9.83. The van der Waals surface area contributed by atoms with Crippen LogP contribution in [-0.2, 0) is 14.2 Å². The molecular formula is C22H26N4O5. The Hall–Kier alpha value is -3.51. The fourth-order valence-corrected chi connectivity index (χ4v) is 3.31. The molecule has 1 aliphatic rings. The molecule has 0 spiro atoms. The molecule has 164 valence electrons. The highest BCUT2D eigenvalue weighted by Gasteiger charge is 2.29. The molecule has 2 aromatic rings. The summed E-state index contributed by atoms with van der Waals surface area (Å²) in [6, 6.07) is 9.25. The molecule has 1 unspecified atom stereocenters. The predicted octanol–water partition coefficient (Wildman–Crippen LogP) is 3.03. The molecular weight excluding hydrogens is 400 g/mol. The molecule has 1 amide bonds. The molecule has 0 bridgehead atoms. The number of ether oxygens (including phenoxy) is 3. The van der Waals surface area contributed by atoms with Gasteiger partial charge >= 0.3 is 12.1 Å².